The van der Waals surface area contributed by atoms with Gasteiger partial charge in [0.1, 0.15) is 0 Å². The van der Waals surface area contributed by atoms with Crippen molar-refractivity contribution in [2.24, 2.45) is 0 Å². The van der Waals surface area contributed by atoms with E-state index in [2.05, 4.69) is 15.9 Å². The van der Waals surface area contributed by atoms with Gasteiger partial charge in [-0.15, -0.1) is 0 Å². The average molecular weight is 260 g/mol. The number of nitro groups is 1. The summed E-state index contributed by atoms with van der Waals surface area (Å²) in [5, 5.41) is 10.6. The summed E-state index contributed by atoms with van der Waals surface area (Å²) in [6.45, 7) is 1.84. The lowest BCUT2D eigenvalue weighted by Crippen LogP contribution is -1.97. The van der Waals surface area contributed by atoms with Gasteiger partial charge in [-0.1, -0.05) is 6.07 Å². The Morgan fingerprint density at radius 2 is 2.21 bits per heavy atom. The highest BCUT2D eigenvalue weighted by atomic mass is 79.9. The third-order valence-electron chi connectivity index (χ3n) is 1.99. The molecule has 0 heterocycles. The fourth-order valence-corrected chi connectivity index (χ4v) is 1.45. The summed E-state index contributed by atoms with van der Waals surface area (Å²) in [6.07, 6.45) is -0.137. The van der Waals surface area contributed by atoms with Crippen LogP contribution in [0.5, 0.6) is 0 Å². The Labute approximate surface area is 90.2 Å². The molecule has 0 radical (unpaired) electrons. The molecule has 0 aliphatic heterocycles. The summed E-state index contributed by atoms with van der Waals surface area (Å²) >= 11 is 3.12. The van der Waals surface area contributed by atoms with Crippen molar-refractivity contribution in [2.45, 2.75) is 13.0 Å². The fourth-order valence-electron chi connectivity index (χ4n) is 1.06. The number of nitrogens with zero attached hydrogens (tertiary/aromatic N) is 1. The molecule has 1 unspecified atom stereocenters. The number of hydrogen-bond acceptors (Lipinski definition) is 3. The highest BCUT2D eigenvalue weighted by molar-refractivity contribution is 9.10. The van der Waals surface area contributed by atoms with Crippen LogP contribution < -0.4 is 0 Å². The van der Waals surface area contributed by atoms with Gasteiger partial charge in [-0.2, -0.15) is 0 Å². The predicted molar refractivity (Wildman–Crippen MR) is 56.2 cm³/mol. The monoisotopic (exact) mass is 259 g/mol. The molecule has 0 bridgehead atoms. The van der Waals surface area contributed by atoms with Gasteiger partial charge in [-0.25, -0.2) is 0 Å². The van der Waals surface area contributed by atoms with Crippen molar-refractivity contribution in [2.75, 3.05) is 7.11 Å². The lowest BCUT2D eigenvalue weighted by molar-refractivity contribution is -0.385. The van der Waals surface area contributed by atoms with Crippen molar-refractivity contribution >= 4 is 21.6 Å². The maximum atomic E-state index is 10.6. The predicted octanol–water partition coefficient (Wildman–Crippen LogP) is 3.06. The molecule has 0 saturated heterocycles. The second kappa shape index (κ2) is 4.52. The maximum absolute atomic E-state index is 10.6. The Bertz CT molecular complexity index is 354. The fraction of sp³-hybridized carbons (Fsp3) is 0.333. The third-order valence-corrected chi connectivity index (χ3v) is 2.66. The van der Waals surface area contributed by atoms with Crippen molar-refractivity contribution in [3.05, 3.63) is 38.3 Å². The Kier molecular flexibility index (Phi) is 3.60. The quantitative estimate of drug-likeness (QED) is 0.619. The first-order valence-corrected chi connectivity index (χ1v) is 4.82. The number of methoxy groups -OCH3 is 1. The molecule has 5 heteroatoms. The molecule has 0 amide bonds. The zero-order valence-corrected chi connectivity index (χ0v) is 9.45. The number of hydrogen-bond donors (Lipinski definition) is 0. The first kappa shape index (κ1) is 11.1. The van der Waals surface area contributed by atoms with Gasteiger partial charge in [0.25, 0.3) is 5.69 Å². The molecular weight excluding hydrogens is 250 g/mol. The molecule has 1 aromatic carbocycles. The zero-order chi connectivity index (χ0) is 10.7. The van der Waals surface area contributed by atoms with E-state index in [0.29, 0.717) is 4.47 Å². The van der Waals surface area contributed by atoms with Crippen LogP contribution in [-0.4, -0.2) is 12.0 Å². The van der Waals surface area contributed by atoms with Gasteiger partial charge in [-0.05, 0) is 34.5 Å². The minimum atomic E-state index is -0.421. The van der Waals surface area contributed by atoms with Gasteiger partial charge in [0, 0.05) is 13.2 Å². The lowest BCUT2D eigenvalue weighted by atomic mass is 10.1. The summed E-state index contributed by atoms with van der Waals surface area (Å²) in [4.78, 5) is 10.2. The summed E-state index contributed by atoms with van der Waals surface area (Å²) in [7, 11) is 1.57. The van der Waals surface area contributed by atoms with Crippen LogP contribution in [0.15, 0.2) is 22.7 Å². The number of ether oxygens (including phenoxy) is 1. The second-order valence-corrected chi connectivity index (χ2v) is 3.70. The van der Waals surface area contributed by atoms with Crippen molar-refractivity contribution in [1.29, 1.82) is 0 Å². The average Bonchev–Trinajstić information content (AvgIpc) is 2.17. The highest BCUT2D eigenvalue weighted by Gasteiger charge is 2.14. The van der Waals surface area contributed by atoms with Crippen LogP contribution >= 0.6 is 15.9 Å². The Morgan fingerprint density at radius 3 is 2.71 bits per heavy atom. The number of benzene rings is 1. The normalized spacial score (nSPS) is 12.5. The van der Waals surface area contributed by atoms with E-state index in [0.717, 1.165) is 5.56 Å². The van der Waals surface area contributed by atoms with E-state index < -0.39 is 4.92 Å². The molecule has 0 fully saturated rings. The van der Waals surface area contributed by atoms with E-state index in [9.17, 15) is 10.1 Å². The number of nitro benzene ring substituents is 1. The first-order chi connectivity index (χ1) is 6.56. The second-order valence-electron chi connectivity index (χ2n) is 2.85. The summed E-state index contributed by atoms with van der Waals surface area (Å²) in [5.41, 5.74) is 0.855. The SMILES string of the molecule is COC(C)c1ccc(Br)c([N+](=O)[O-])c1. The lowest BCUT2D eigenvalue weighted by Gasteiger charge is -2.09. The third kappa shape index (κ3) is 2.30. The first-order valence-electron chi connectivity index (χ1n) is 4.03. The van der Waals surface area contributed by atoms with Gasteiger partial charge in [0.2, 0.25) is 0 Å². The summed E-state index contributed by atoms with van der Waals surface area (Å²) in [5.74, 6) is 0. The molecule has 0 aliphatic carbocycles. The number of halogens is 1. The highest BCUT2D eigenvalue weighted by Crippen LogP contribution is 2.28. The van der Waals surface area contributed by atoms with Crippen LogP contribution in [0.3, 0.4) is 0 Å². The molecule has 0 aromatic heterocycles. The van der Waals surface area contributed by atoms with Crippen molar-refractivity contribution in [3.8, 4) is 0 Å². The summed E-state index contributed by atoms with van der Waals surface area (Å²) < 4.78 is 5.55. The molecule has 1 aromatic rings. The van der Waals surface area contributed by atoms with Gasteiger partial charge in [-0.3, -0.25) is 10.1 Å². The molecule has 0 N–H and O–H groups in total. The van der Waals surface area contributed by atoms with Gasteiger partial charge in [0.15, 0.2) is 0 Å². The van der Waals surface area contributed by atoms with Crippen LogP contribution in [0.25, 0.3) is 0 Å². The molecule has 0 aliphatic rings. The van der Waals surface area contributed by atoms with E-state index in [4.69, 9.17) is 4.74 Å². The van der Waals surface area contributed by atoms with Crippen LogP contribution in [0, 0.1) is 10.1 Å². The van der Waals surface area contributed by atoms with Crippen LogP contribution in [0.2, 0.25) is 0 Å². The maximum Gasteiger partial charge on any atom is 0.283 e. The zero-order valence-electron chi connectivity index (χ0n) is 7.86. The molecule has 1 atom stereocenters. The molecule has 0 spiro atoms. The number of rotatable bonds is 3. The smallest absolute Gasteiger partial charge is 0.283 e. The molecule has 1 rings (SSSR count). The van der Waals surface area contributed by atoms with Crippen LogP contribution in [0.4, 0.5) is 5.69 Å². The van der Waals surface area contributed by atoms with Gasteiger partial charge < -0.3 is 4.74 Å². The van der Waals surface area contributed by atoms with Crippen LogP contribution in [-0.2, 0) is 4.74 Å². The van der Waals surface area contributed by atoms with Crippen LogP contribution in [0.1, 0.15) is 18.6 Å². The standard InChI is InChI=1S/C9H10BrNO3/c1-6(14-2)7-3-4-8(10)9(5-7)11(12)13/h3-6H,1-2H3. The van der Waals surface area contributed by atoms with Crippen molar-refractivity contribution in [1.82, 2.24) is 0 Å². The molecule has 76 valence electrons. The minimum Gasteiger partial charge on any atom is -0.377 e. The largest absolute Gasteiger partial charge is 0.377 e. The van der Waals surface area contributed by atoms with E-state index in [1.165, 1.54) is 6.07 Å². The van der Waals surface area contributed by atoms with Gasteiger partial charge >= 0.3 is 0 Å². The van der Waals surface area contributed by atoms with E-state index >= 15 is 0 Å². The topological polar surface area (TPSA) is 52.4 Å². The molecule has 14 heavy (non-hydrogen) atoms. The van der Waals surface area contributed by atoms with Crippen molar-refractivity contribution in [3.63, 3.8) is 0 Å². The minimum absolute atomic E-state index is 0.0615. The Balaban J connectivity index is 3.12. The van der Waals surface area contributed by atoms with Crippen molar-refractivity contribution < 1.29 is 9.66 Å². The molecular formula is C9H10BrNO3. The van der Waals surface area contributed by atoms with E-state index in [1.807, 2.05) is 6.92 Å². The molecule has 0 saturated carbocycles. The van der Waals surface area contributed by atoms with E-state index in [1.54, 1.807) is 19.2 Å². The Hall–Kier alpha value is -0.940. The Morgan fingerprint density at radius 1 is 1.57 bits per heavy atom. The van der Waals surface area contributed by atoms with E-state index in [-0.39, 0.29) is 11.8 Å². The molecule has 4 nitrogen and oxygen atoms in total. The summed E-state index contributed by atoms with van der Waals surface area (Å²) in [6, 6.07) is 4.96. The van der Waals surface area contributed by atoms with Gasteiger partial charge in [0.05, 0.1) is 15.5 Å².